The number of carbonyl (C=O) groups excluding carboxylic acids is 1. The highest BCUT2D eigenvalue weighted by Crippen LogP contribution is 2.63. The lowest BCUT2D eigenvalue weighted by Crippen LogP contribution is -2.34. The van der Waals surface area contributed by atoms with Gasteiger partial charge < -0.3 is 14.6 Å². The lowest BCUT2D eigenvalue weighted by atomic mass is 9.80. The Morgan fingerprint density at radius 3 is 2.76 bits per heavy atom. The Morgan fingerprint density at radius 1 is 1.24 bits per heavy atom. The van der Waals surface area contributed by atoms with Crippen LogP contribution in [-0.4, -0.2) is 47.2 Å². The Morgan fingerprint density at radius 2 is 2.00 bits per heavy atom. The van der Waals surface area contributed by atoms with Crippen molar-refractivity contribution in [1.82, 2.24) is 14.5 Å². The van der Waals surface area contributed by atoms with E-state index in [4.69, 9.17) is 21.3 Å². The molecule has 2 fully saturated rings. The second kappa shape index (κ2) is 8.71. The van der Waals surface area contributed by atoms with Crippen molar-refractivity contribution in [3.63, 3.8) is 0 Å². The van der Waals surface area contributed by atoms with Gasteiger partial charge in [0, 0.05) is 39.4 Å². The van der Waals surface area contributed by atoms with Crippen LogP contribution >= 0.6 is 11.6 Å². The molecule has 0 saturated heterocycles. The Hall–Kier alpha value is -1.89. The maximum absolute atomic E-state index is 13.0. The van der Waals surface area contributed by atoms with Gasteiger partial charge >= 0.3 is 0 Å². The normalized spacial score (nSPS) is 26.5. The standard InChI is InChI=1S/C26H35ClN4O2/c1-18-5-4-6-19(22(18)27)29-24(32)23-28-20-15-31(13-7-21(20)30(23)2)14-12-25-8-10-26(16-25,11-9-25)17-33-3/h4-6H,7-17H2,1-3H3,(H,29,32). The molecular formula is C26H35ClN4O2. The van der Waals surface area contributed by atoms with Crippen molar-refractivity contribution < 1.29 is 9.53 Å². The third kappa shape index (κ3) is 4.22. The highest BCUT2D eigenvalue weighted by molar-refractivity contribution is 6.34. The van der Waals surface area contributed by atoms with Crippen LogP contribution in [0.4, 0.5) is 5.69 Å². The highest BCUT2D eigenvalue weighted by atomic mass is 35.5. The van der Waals surface area contributed by atoms with Crippen LogP contribution in [0.15, 0.2) is 18.2 Å². The van der Waals surface area contributed by atoms with Crippen LogP contribution in [0.1, 0.15) is 66.1 Å². The minimum Gasteiger partial charge on any atom is -0.384 e. The number of ether oxygens (including phenoxy) is 1. The molecule has 33 heavy (non-hydrogen) atoms. The van der Waals surface area contributed by atoms with Crippen molar-refractivity contribution in [3.8, 4) is 0 Å². The first-order valence-electron chi connectivity index (χ1n) is 12.2. The molecule has 2 aromatic rings. The first kappa shape index (κ1) is 22.9. The molecule has 1 aromatic heterocycles. The summed E-state index contributed by atoms with van der Waals surface area (Å²) in [6, 6.07) is 5.65. The van der Waals surface area contributed by atoms with E-state index in [-0.39, 0.29) is 5.91 Å². The van der Waals surface area contributed by atoms with Gasteiger partial charge in [-0.2, -0.15) is 0 Å². The molecule has 1 amide bonds. The fourth-order valence-corrected chi connectivity index (χ4v) is 6.77. The van der Waals surface area contributed by atoms with Gasteiger partial charge in [0.2, 0.25) is 0 Å². The van der Waals surface area contributed by atoms with Gasteiger partial charge in [0.05, 0.1) is 23.0 Å². The highest BCUT2D eigenvalue weighted by Gasteiger charge is 2.53. The van der Waals surface area contributed by atoms with E-state index in [9.17, 15) is 4.79 Å². The zero-order valence-corrected chi connectivity index (χ0v) is 20.8. The lowest BCUT2D eigenvalue weighted by Gasteiger charge is -2.32. The fraction of sp³-hybridized carbons (Fsp3) is 0.615. The molecule has 0 unspecified atom stereocenters. The molecule has 178 valence electrons. The Labute approximate surface area is 201 Å². The maximum Gasteiger partial charge on any atom is 0.291 e. The van der Waals surface area contributed by atoms with Gasteiger partial charge in [-0.25, -0.2) is 4.98 Å². The van der Waals surface area contributed by atoms with E-state index in [1.165, 1.54) is 44.2 Å². The number of carbonyl (C=O) groups is 1. The van der Waals surface area contributed by atoms with Gasteiger partial charge in [-0.3, -0.25) is 9.69 Å². The van der Waals surface area contributed by atoms with E-state index in [1.807, 2.05) is 43.8 Å². The van der Waals surface area contributed by atoms with Crippen molar-refractivity contribution in [2.75, 3.05) is 32.1 Å². The van der Waals surface area contributed by atoms with Crippen LogP contribution in [0.3, 0.4) is 0 Å². The lowest BCUT2D eigenvalue weighted by molar-refractivity contribution is 0.0860. The van der Waals surface area contributed by atoms with E-state index in [0.717, 1.165) is 43.9 Å². The summed E-state index contributed by atoms with van der Waals surface area (Å²) in [5.41, 5.74) is 4.74. The summed E-state index contributed by atoms with van der Waals surface area (Å²) >= 11 is 6.37. The van der Waals surface area contributed by atoms with E-state index < -0.39 is 0 Å². The summed E-state index contributed by atoms with van der Waals surface area (Å²) in [4.78, 5) is 20.3. The van der Waals surface area contributed by atoms with Crippen LogP contribution in [0.2, 0.25) is 5.02 Å². The van der Waals surface area contributed by atoms with Crippen LogP contribution in [0.5, 0.6) is 0 Å². The summed E-state index contributed by atoms with van der Waals surface area (Å²) in [6.45, 7) is 5.81. The summed E-state index contributed by atoms with van der Waals surface area (Å²) in [7, 11) is 3.79. The number of hydrogen-bond acceptors (Lipinski definition) is 4. The van der Waals surface area contributed by atoms with Gasteiger partial charge in [-0.15, -0.1) is 0 Å². The predicted molar refractivity (Wildman–Crippen MR) is 131 cm³/mol. The Bertz CT molecular complexity index is 1050. The van der Waals surface area contributed by atoms with Gasteiger partial charge in [0.25, 0.3) is 5.91 Å². The van der Waals surface area contributed by atoms with Gasteiger partial charge in [-0.05, 0) is 74.5 Å². The minimum atomic E-state index is -0.212. The molecule has 2 heterocycles. The number of rotatable bonds is 7. The van der Waals surface area contributed by atoms with Gasteiger partial charge in [0.1, 0.15) is 0 Å². The zero-order chi connectivity index (χ0) is 23.2. The number of amides is 1. The maximum atomic E-state index is 13.0. The smallest absolute Gasteiger partial charge is 0.291 e. The second-order valence-electron chi connectivity index (χ2n) is 10.7. The first-order chi connectivity index (χ1) is 15.8. The molecule has 7 heteroatoms. The number of imidazole rings is 1. The third-order valence-electron chi connectivity index (χ3n) is 8.51. The SMILES string of the molecule is COCC12CCC(CCN3CCc4c(nc(C(=O)Nc5cccc(C)c5Cl)n4C)C3)(CC1)C2. The van der Waals surface area contributed by atoms with Crippen LogP contribution in [-0.2, 0) is 24.8 Å². The number of hydrogen-bond donors (Lipinski definition) is 1. The van der Waals surface area contributed by atoms with Crippen molar-refractivity contribution >= 4 is 23.2 Å². The van der Waals surface area contributed by atoms with Crippen molar-refractivity contribution in [3.05, 3.63) is 46.0 Å². The van der Waals surface area contributed by atoms with Gasteiger partial charge in [-0.1, -0.05) is 23.7 Å². The number of methoxy groups -OCH3 is 1. The third-order valence-corrected chi connectivity index (χ3v) is 9.01. The van der Waals surface area contributed by atoms with E-state index in [0.29, 0.717) is 27.4 Å². The second-order valence-corrected chi connectivity index (χ2v) is 11.0. The fourth-order valence-electron chi connectivity index (χ4n) is 6.59. The molecule has 1 aromatic carbocycles. The largest absolute Gasteiger partial charge is 0.384 e. The van der Waals surface area contributed by atoms with Crippen molar-refractivity contribution in [2.45, 2.75) is 58.4 Å². The molecule has 5 rings (SSSR count). The quantitative estimate of drug-likeness (QED) is 0.620. The monoisotopic (exact) mass is 470 g/mol. The van der Waals surface area contributed by atoms with E-state index in [1.54, 1.807) is 0 Å². The van der Waals surface area contributed by atoms with E-state index in [2.05, 4.69) is 10.2 Å². The Balaban J connectivity index is 1.23. The molecule has 0 atom stereocenters. The summed E-state index contributed by atoms with van der Waals surface area (Å²) in [5.74, 6) is 0.241. The van der Waals surface area contributed by atoms with Gasteiger partial charge in [0.15, 0.2) is 5.82 Å². The molecule has 2 saturated carbocycles. The average Bonchev–Trinajstić information content (AvgIpc) is 3.45. The predicted octanol–water partition coefficient (Wildman–Crippen LogP) is 4.98. The van der Waals surface area contributed by atoms with Crippen LogP contribution in [0, 0.1) is 17.8 Å². The van der Waals surface area contributed by atoms with Crippen molar-refractivity contribution in [2.24, 2.45) is 17.9 Å². The average molecular weight is 471 g/mol. The number of fused-ring (bicyclic) bond motifs is 3. The Kier molecular flexibility index (Phi) is 6.04. The number of nitrogens with zero attached hydrogens (tertiary/aromatic N) is 3. The molecule has 2 aliphatic carbocycles. The number of aryl methyl sites for hydroxylation is 1. The molecule has 6 nitrogen and oxygen atoms in total. The molecule has 0 radical (unpaired) electrons. The first-order valence-corrected chi connectivity index (χ1v) is 12.5. The molecule has 0 spiro atoms. The van der Waals surface area contributed by atoms with Crippen LogP contribution < -0.4 is 5.32 Å². The van der Waals surface area contributed by atoms with Crippen LogP contribution in [0.25, 0.3) is 0 Å². The summed E-state index contributed by atoms with van der Waals surface area (Å²) < 4.78 is 7.50. The number of anilines is 1. The number of halogens is 1. The summed E-state index contributed by atoms with van der Waals surface area (Å²) in [5, 5.41) is 3.52. The number of nitrogens with one attached hydrogen (secondary N) is 1. The topological polar surface area (TPSA) is 59.4 Å². The van der Waals surface area contributed by atoms with E-state index >= 15 is 0 Å². The number of aromatic nitrogens is 2. The molecule has 2 bridgehead atoms. The molecular weight excluding hydrogens is 436 g/mol. The molecule has 3 aliphatic rings. The molecule has 1 aliphatic heterocycles. The zero-order valence-electron chi connectivity index (χ0n) is 20.0. The number of benzene rings is 1. The summed E-state index contributed by atoms with van der Waals surface area (Å²) in [6.07, 6.45) is 8.89. The molecule has 1 N–H and O–H groups in total. The minimum absolute atomic E-state index is 0.212. The van der Waals surface area contributed by atoms with Crippen molar-refractivity contribution in [1.29, 1.82) is 0 Å².